The van der Waals surface area contributed by atoms with E-state index >= 15 is 0 Å². The van der Waals surface area contributed by atoms with Crippen molar-refractivity contribution in [2.45, 2.75) is 6.92 Å². The Labute approximate surface area is 119 Å². The zero-order chi connectivity index (χ0) is 15.4. The van der Waals surface area contributed by atoms with E-state index in [9.17, 15) is 14.4 Å². The van der Waals surface area contributed by atoms with E-state index in [4.69, 9.17) is 4.74 Å². The minimum atomic E-state index is -0.632. The molecule has 0 fully saturated rings. The molecule has 8 heteroatoms. The summed E-state index contributed by atoms with van der Waals surface area (Å²) in [6.45, 7) is 1.26. The van der Waals surface area contributed by atoms with E-state index < -0.39 is 17.9 Å². The lowest BCUT2D eigenvalue weighted by Gasteiger charge is -2.09. The molecule has 4 N–H and O–H groups in total. The molecule has 8 nitrogen and oxygen atoms in total. The summed E-state index contributed by atoms with van der Waals surface area (Å²) in [7, 11) is 1.28. The Morgan fingerprint density at radius 1 is 1.19 bits per heavy atom. The van der Waals surface area contributed by atoms with Crippen molar-refractivity contribution < 1.29 is 19.1 Å². The monoisotopic (exact) mass is 290 g/mol. The fourth-order valence-corrected chi connectivity index (χ4v) is 1.83. The van der Waals surface area contributed by atoms with Crippen LogP contribution in [0.3, 0.4) is 0 Å². The van der Waals surface area contributed by atoms with Gasteiger partial charge in [0.25, 0.3) is 0 Å². The summed E-state index contributed by atoms with van der Waals surface area (Å²) < 4.78 is 4.71. The molecule has 0 aliphatic heterocycles. The average Bonchev–Trinajstić information content (AvgIpc) is 2.91. The zero-order valence-electron chi connectivity index (χ0n) is 11.4. The minimum absolute atomic E-state index is 0.325. The number of hydrogen-bond acceptors (Lipinski definition) is 4. The summed E-state index contributed by atoms with van der Waals surface area (Å²) in [5.74, 6) is -0.911. The lowest BCUT2D eigenvalue weighted by atomic mass is 10.1. The van der Waals surface area contributed by atoms with Crippen LogP contribution in [0.25, 0.3) is 10.9 Å². The highest BCUT2D eigenvalue weighted by Crippen LogP contribution is 2.23. The Bertz CT molecular complexity index is 707. The molecule has 1 aromatic carbocycles. The maximum absolute atomic E-state index is 11.8. The molecule has 110 valence electrons. The van der Waals surface area contributed by atoms with Crippen molar-refractivity contribution in [1.82, 2.24) is 15.8 Å². The number of ether oxygens (including phenoxy) is 1. The van der Waals surface area contributed by atoms with Crippen molar-refractivity contribution in [3.63, 3.8) is 0 Å². The Balaban J connectivity index is 2.26. The predicted octanol–water partition coefficient (Wildman–Crippen LogP) is 1.13. The molecule has 1 heterocycles. The highest BCUT2D eigenvalue weighted by molar-refractivity contribution is 6.06. The number of amides is 3. The highest BCUT2D eigenvalue weighted by Gasteiger charge is 2.14. The third kappa shape index (κ3) is 3.30. The molecular weight excluding hydrogens is 276 g/mol. The molecule has 2 aromatic rings. The van der Waals surface area contributed by atoms with Gasteiger partial charge in [0.2, 0.25) is 5.91 Å². The number of benzene rings is 1. The molecule has 1 aromatic heterocycles. The van der Waals surface area contributed by atoms with E-state index in [-0.39, 0.29) is 0 Å². The van der Waals surface area contributed by atoms with Crippen molar-refractivity contribution in [1.29, 1.82) is 0 Å². The number of hydrazine groups is 1. The van der Waals surface area contributed by atoms with Crippen LogP contribution < -0.4 is 16.2 Å². The molecule has 0 radical (unpaired) electrons. The van der Waals surface area contributed by atoms with Crippen molar-refractivity contribution in [3.8, 4) is 0 Å². The molecular formula is C13H14N4O4. The summed E-state index contributed by atoms with van der Waals surface area (Å²) in [6.07, 6.45) is 1.68. The maximum Gasteiger partial charge on any atom is 0.338 e. The molecule has 0 saturated heterocycles. The van der Waals surface area contributed by atoms with Crippen LogP contribution in [0.15, 0.2) is 24.4 Å². The molecule has 0 bridgehead atoms. The van der Waals surface area contributed by atoms with E-state index in [1.165, 1.54) is 20.1 Å². The second-order valence-electron chi connectivity index (χ2n) is 4.21. The first-order chi connectivity index (χ1) is 10.0. The fraction of sp³-hybridized carbons (Fsp3) is 0.154. The van der Waals surface area contributed by atoms with Crippen molar-refractivity contribution in [2.24, 2.45) is 0 Å². The number of fused-ring (bicyclic) bond motifs is 1. The smallest absolute Gasteiger partial charge is 0.338 e. The molecule has 0 spiro atoms. The van der Waals surface area contributed by atoms with Gasteiger partial charge in [0.1, 0.15) is 0 Å². The van der Waals surface area contributed by atoms with Gasteiger partial charge >= 0.3 is 12.0 Å². The second kappa shape index (κ2) is 5.95. The zero-order valence-corrected chi connectivity index (χ0v) is 11.4. The van der Waals surface area contributed by atoms with Crippen molar-refractivity contribution in [3.05, 3.63) is 30.0 Å². The number of anilines is 1. The molecule has 0 aliphatic rings. The lowest BCUT2D eigenvalue weighted by Crippen LogP contribution is -2.42. The largest absolute Gasteiger partial charge is 0.465 e. The molecule has 0 atom stereocenters. The lowest BCUT2D eigenvalue weighted by molar-refractivity contribution is -0.119. The van der Waals surface area contributed by atoms with Crippen molar-refractivity contribution >= 4 is 34.5 Å². The Kier molecular flexibility index (Phi) is 4.07. The molecule has 0 aliphatic carbocycles. The van der Waals surface area contributed by atoms with Crippen LogP contribution in [-0.4, -0.2) is 30.0 Å². The summed E-state index contributed by atoms with van der Waals surface area (Å²) in [4.78, 5) is 37.0. The number of urea groups is 1. The second-order valence-corrected chi connectivity index (χ2v) is 4.21. The minimum Gasteiger partial charge on any atom is -0.465 e. The Morgan fingerprint density at radius 3 is 2.62 bits per heavy atom. The van der Waals surface area contributed by atoms with Crippen LogP contribution in [0, 0.1) is 0 Å². The molecule has 2 rings (SSSR count). The fourth-order valence-electron chi connectivity index (χ4n) is 1.83. The number of aromatic amines is 1. The van der Waals surface area contributed by atoms with E-state index in [0.717, 1.165) is 0 Å². The summed E-state index contributed by atoms with van der Waals surface area (Å²) in [5.41, 5.74) is 5.69. The predicted molar refractivity (Wildman–Crippen MR) is 75.6 cm³/mol. The summed E-state index contributed by atoms with van der Waals surface area (Å²) in [5, 5.41) is 3.20. The topological polar surface area (TPSA) is 112 Å². The van der Waals surface area contributed by atoms with Crippen LogP contribution in [0.5, 0.6) is 0 Å². The van der Waals surface area contributed by atoms with Gasteiger partial charge in [-0.25, -0.2) is 15.0 Å². The van der Waals surface area contributed by atoms with E-state index in [2.05, 4.69) is 21.2 Å². The van der Waals surface area contributed by atoms with Crippen LogP contribution in [-0.2, 0) is 9.53 Å². The van der Waals surface area contributed by atoms with Gasteiger partial charge in [0, 0.05) is 29.7 Å². The number of aromatic nitrogens is 1. The quantitative estimate of drug-likeness (QED) is 0.490. The van der Waals surface area contributed by atoms with E-state index in [1.54, 1.807) is 18.3 Å². The standard InChI is InChI=1S/C13H14N4O4/c1-7(18)16-17-13(20)15-8-5-10(12(19)21-2)9-3-4-14-11(9)6-8/h3-6,14H,1-2H3,(H,16,18)(H2,15,17,20). The number of carbonyl (C=O) groups excluding carboxylic acids is 3. The molecule has 3 amide bonds. The summed E-state index contributed by atoms with van der Waals surface area (Å²) >= 11 is 0. The molecule has 0 saturated carbocycles. The van der Waals surface area contributed by atoms with Crippen LogP contribution in [0.2, 0.25) is 0 Å². The third-order valence-electron chi connectivity index (χ3n) is 2.68. The van der Waals surface area contributed by atoms with Gasteiger partial charge in [-0.1, -0.05) is 0 Å². The van der Waals surface area contributed by atoms with Crippen molar-refractivity contribution in [2.75, 3.05) is 12.4 Å². The van der Waals surface area contributed by atoms with Gasteiger partial charge in [-0.3, -0.25) is 10.2 Å². The van der Waals surface area contributed by atoms with Gasteiger partial charge in [-0.05, 0) is 18.2 Å². The number of methoxy groups -OCH3 is 1. The SMILES string of the molecule is COC(=O)c1cc(NC(=O)NNC(C)=O)cc2[nH]ccc12. The van der Waals surface area contributed by atoms with Crippen LogP contribution in [0.1, 0.15) is 17.3 Å². The number of rotatable bonds is 2. The highest BCUT2D eigenvalue weighted by atomic mass is 16.5. The van der Waals surface area contributed by atoms with Crippen LogP contribution >= 0.6 is 0 Å². The van der Waals surface area contributed by atoms with E-state index in [0.29, 0.717) is 22.2 Å². The number of esters is 1. The first-order valence-corrected chi connectivity index (χ1v) is 6.04. The maximum atomic E-state index is 11.8. The van der Waals surface area contributed by atoms with Gasteiger partial charge in [-0.2, -0.15) is 0 Å². The number of nitrogens with one attached hydrogen (secondary N) is 4. The number of hydrogen-bond donors (Lipinski definition) is 4. The number of carbonyl (C=O) groups is 3. The van der Waals surface area contributed by atoms with Gasteiger partial charge < -0.3 is 15.0 Å². The summed E-state index contributed by atoms with van der Waals surface area (Å²) in [6, 6.07) is 4.26. The first kappa shape index (κ1) is 14.4. The van der Waals surface area contributed by atoms with Crippen LogP contribution in [0.4, 0.5) is 10.5 Å². The van der Waals surface area contributed by atoms with E-state index in [1.807, 2.05) is 0 Å². The average molecular weight is 290 g/mol. The Hall–Kier alpha value is -3.03. The molecule has 21 heavy (non-hydrogen) atoms. The molecule has 0 unspecified atom stereocenters. The van der Waals surface area contributed by atoms with Gasteiger partial charge in [0.15, 0.2) is 0 Å². The Morgan fingerprint density at radius 2 is 1.95 bits per heavy atom. The first-order valence-electron chi connectivity index (χ1n) is 6.04. The normalized spacial score (nSPS) is 10.0. The number of H-pyrrole nitrogens is 1. The third-order valence-corrected chi connectivity index (χ3v) is 2.68. The van der Waals surface area contributed by atoms with Gasteiger partial charge in [0.05, 0.1) is 12.7 Å². The van der Waals surface area contributed by atoms with Gasteiger partial charge in [-0.15, -0.1) is 0 Å².